The van der Waals surface area contributed by atoms with Gasteiger partial charge >= 0.3 is 0 Å². The highest BCUT2D eigenvalue weighted by molar-refractivity contribution is 9.10. The van der Waals surface area contributed by atoms with Crippen LogP contribution in [0.15, 0.2) is 22.7 Å². The Hall–Kier alpha value is -0.350. The minimum absolute atomic E-state index is 0.0195. The Balaban J connectivity index is 2.67. The SMILES string of the molecule is Cc1ccc(Br)cc1C(=O)NCC(Br)C(C)C. The molecule has 0 fully saturated rings. The first-order valence-corrected chi connectivity index (χ1v) is 7.31. The van der Waals surface area contributed by atoms with Crippen LogP contribution in [0.2, 0.25) is 0 Å². The third kappa shape index (κ3) is 4.43. The zero-order chi connectivity index (χ0) is 13.0. The van der Waals surface area contributed by atoms with E-state index in [1.165, 1.54) is 0 Å². The summed E-state index contributed by atoms with van der Waals surface area (Å²) < 4.78 is 0.924. The van der Waals surface area contributed by atoms with E-state index in [1.54, 1.807) is 0 Å². The van der Waals surface area contributed by atoms with Crippen LogP contribution in [0.5, 0.6) is 0 Å². The van der Waals surface area contributed by atoms with Gasteiger partial charge in [-0.1, -0.05) is 51.8 Å². The number of hydrogen-bond donors (Lipinski definition) is 1. The first kappa shape index (κ1) is 14.7. The van der Waals surface area contributed by atoms with E-state index in [1.807, 2.05) is 25.1 Å². The average Bonchev–Trinajstić information content (AvgIpc) is 2.28. The zero-order valence-corrected chi connectivity index (χ0v) is 13.4. The van der Waals surface area contributed by atoms with Crippen molar-refractivity contribution in [3.05, 3.63) is 33.8 Å². The quantitative estimate of drug-likeness (QED) is 0.808. The molecule has 0 aliphatic rings. The van der Waals surface area contributed by atoms with Crippen molar-refractivity contribution < 1.29 is 4.79 Å². The highest BCUT2D eigenvalue weighted by Crippen LogP contribution is 2.16. The van der Waals surface area contributed by atoms with Crippen molar-refractivity contribution in [2.45, 2.75) is 25.6 Å². The van der Waals surface area contributed by atoms with Crippen molar-refractivity contribution in [3.8, 4) is 0 Å². The lowest BCUT2D eigenvalue weighted by Gasteiger charge is -2.15. The molecule has 0 spiro atoms. The minimum atomic E-state index is -0.0195. The average molecular weight is 363 g/mol. The van der Waals surface area contributed by atoms with E-state index in [0.29, 0.717) is 17.3 Å². The molecule has 1 amide bonds. The summed E-state index contributed by atoms with van der Waals surface area (Å²) in [6.45, 7) is 6.82. The molecule has 0 heterocycles. The summed E-state index contributed by atoms with van der Waals surface area (Å²) in [6.07, 6.45) is 0. The standard InChI is InChI=1S/C13H17Br2NO/c1-8(2)12(15)7-16-13(17)11-6-10(14)5-4-9(11)3/h4-6,8,12H,7H2,1-3H3,(H,16,17). The first-order valence-electron chi connectivity index (χ1n) is 5.60. The van der Waals surface area contributed by atoms with Gasteiger partial charge in [0.15, 0.2) is 0 Å². The summed E-state index contributed by atoms with van der Waals surface area (Å²) in [4.78, 5) is 12.3. The van der Waals surface area contributed by atoms with Crippen molar-refractivity contribution in [3.63, 3.8) is 0 Å². The predicted octanol–water partition coefficient (Wildman–Crippen LogP) is 3.91. The monoisotopic (exact) mass is 361 g/mol. The minimum Gasteiger partial charge on any atom is -0.351 e. The highest BCUT2D eigenvalue weighted by Gasteiger charge is 2.13. The van der Waals surface area contributed by atoms with Crippen molar-refractivity contribution in [2.75, 3.05) is 6.54 Å². The van der Waals surface area contributed by atoms with Gasteiger partial charge < -0.3 is 5.32 Å². The maximum atomic E-state index is 12.0. The number of carbonyl (C=O) groups is 1. The Morgan fingerprint density at radius 1 is 1.41 bits per heavy atom. The Kier molecular flexibility index (Phi) is 5.67. The molecule has 1 N–H and O–H groups in total. The number of alkyl halides is 1. The molecule has 94 valence electrons. The Morgan fingerprint density at radius 3 is 2.65 bits per heavy atom. The fourth-order valence-electron chi connectivity index (χ4n) is 1.36. The molecule has 0 saturated heterocycles. The zero-order valence-electron chi connectivity index (χ0n) is 10.3. The smallest absolute Gasteiger partial charge is 0.251 e. The van der Waals surface area contributed by atoms with Crippen LogP contribution >= 0.6 is 31.9 Å². The normalized spacial score (nSPS) is 12.6. The van der Waals surface area contributed by atoms with E-state index in [9.17, 15) is 4.79 Å². The molecule has 1 unspecified atom stereocenters. The van der Waals surface area contributed by atoms with Gasteiger partial charge in [0, 0.05) is 21.4 Å². The van der Waals surface area contributed by atoms with Gasteiger partial charge in [0.05, 0.1) is 0 Å². The molecule has 0 bridgehead atoms. The number of amides is 1. The number of benzene rings is 1. The fourth-order valence-corrected chi connectivity index (χ4v) is 1.88. The van der Waals surface area contributed by atoms with Crippen LogP contribution in [0.1, 0.15) is 29.8 Å². The summed E-state index contributed by atoms with van der Waals surface area (Å²) in [5.41, 5.74) is 1.71. The number of nitrogens with one attached hydrogen (secondary N) is 1. The summed E-state index contributed by atoms with van der Waals surface area (Å²) in [6, 6.07) is 5.73. The molecule has 1 rings (SSSR count). The number of hydrogen-bond acceptors (Lipinski definition) is 1. The van der Waals surface area contributed by atoms with Crippen LogP contribution in [0.3, 0.4) is 0 Å². The maximum Gasteiger partial charge on any atom is 0.251 e. The molecule has 2 nitrogen and oxygen atoms in total. The molecule has 1 aromatic rings. The highest BCUT2D eigenvalue weighted by atomic mass is 79.9. The van der Waals surface area contributed by atoms with Crippen LogP contribution in [0.4, 0.5) is 0 Å². The molecule has 0 aliphatic carbocycles. The van der Waals surface area contributed by atoms with Gasteiger partial charge in [0.25, 0.3) is 5.91 Å². The fraction of sp³-hybridized carbons (Fsp3) is 0.462. The van der Waals surface area contributed by atoms with Gasteiger partial charge in [-0.25, -0.2) is 0 Å². The molecular weight excluding hydrogens is 346 g/mol. The van der Waals surface area contributed by atoms with E-state index in [0.717, 1.165) is 15.6 Å². The van der Waals surface area contributed by atoms with E-state index >= 15 is 0 Å². The van der Waals surface area contributed by atoms with Gasteiger partial charge in [-0.2, -0.15) is 0 Å². The largest absolute Gasteiger partial charge is 0.351 e. The van der Waals surface area contributed by atoms with Crippen LogP contribution in [-0.2, 0) is 0 Å². The molecule has 1 aromatic carbocycles. The van der Waals surface area contributed by atoms with Gasteiger partial charge in [-0.3, -0.25) is 4.79 Å². The number of carbonyl (C=O) groups excluding carboxylic acids is 1. The molecule has 1 atom stereocenters. The van der Waals surface area contributed by atoms with Crippen molar-refractivity contribution in [1.82, 2.24) is 5.32 Å². The lowest BCUT2D eigenvalue weighted by molar-refractivity contribution is 0.0952. The van der Waals surface area contributed by atoms with E-state index < -0.39 is 0 Å². The topological polar surface area (TPSA) is 29.1 Å². The van der Waals surface area contributed by atoms with Crippen molar-refractivity contribution in [1.29, 1.82) is 0 Å². The maximum absolute atomic E-state index is 12.0. The van der Waals surface area contributed by atoms with Gasteiger partial charge in [0.2, 0.25) is 0 Å². The van der Waals surface area contributed by atoms with Gasteiger partial charge in [0.1, 0.15) is 0 Å². The summed E-state index contributed by atoms with van der Waals surface area (Å²) in [5.74, 6) is 0.479. The summed E-state index contributed by atoms with van der Waals surface area (Å²) in [5, 5.41) is 2.94. The summed E-state index contributed by atoms with van der Waals surface area (Å²) >= 11 is 6.93. The third-order valence-electron chi connectivity index (χ3n) is 2.63. The predicted molar refractivity (Wildman–Crippen MR) is 78.8 cm³/mol. The third-order valence-corrected chi connectivity index (χ3v) is 4.50. The second kappa shape index (κ2) is 6.55. The van der Waals surface area contributed by atoms with Gasteiger partial charge in [-0.05, 0) is 30.5 Å². The second-order valence-corrected chi connectivity index (χ2v) is 6.52. The van der Waals surface area contributed by atoms with E-state index in [4.69, 9.17) is 0 Å². The van der Waals surface area contributed by atoms with Crippen LogP contribution in [0, 0.1) is 12.8 Å². The van der Waals surface area contributed by atoms with Crippen LogP contribution in [0.25, 0.3) is 0 Å². The first-order chi connectivity index (χ1) is 7.91. The van der Waals surface area contributed by atoms with E-state index in [2.05, 4.69) is 51.0 Å². The summed E-state index contributed by atoms with van der Waals surface area (Å²) in [7, 11) is 0. The molecule has 17 heavy (non-hydrogen) atoms. The molecule has 0 radical (unpaired) electrons. The lowest BCUT2D eigenvalue weighted by Crippen LogP contribution is -2.32. The number of halogens is 2. The van der Waals surface area contributed by atoms with Crippen molar-refractivity contribution in [2.24, 2.45) is 5.92 Å². The number of aryl methyl sites for hydroxylation is 1. The Labute approximate surface area is 119 Å². The van der Waals surface area contributed by atoms with Gasteiger partial charge in [-0.15, -0.1) is 0 Å². The molecule has 0 saturated carbocycles. The van der Waals surface area contributed by atoms with Crippen molar-refractivity contribution >= 4 is 37.8 Å². The Morgan fingerprint density at radius 2 is 2.06 bits per heavy atom. The van der Waals surface area contributed by atoms with Crippen LogP contribution in [-0.4, -0.2) is 17.3 Å². The second-order valence-electron chi connectivity index (χ2n) is 4.43. The molecular formula is C13H17Br2NO. The van der Waals surface area contributed by atoms with Crippen LogP contribution < -0.4 is 5.32 Å². The lowest BCUT2D eigenvalue weighted by atomic mass is 10.1. The molecule has 0 aromatic heterocycles. The molecule has 0 aliphatic heterocycles. The molecule has 4 heteroatoms. The number of rotatable bonds is 4. The van der Waals surface area contributed by atoms with E-state index in [-0.39, 0.29) is 5.91 Å². The Bertz CT molecular complexity index is 404.